The molecule has 0 aliphatic carbocycles. The molecule has 0 saturated carbocycles. The third kappa shape index (κ3) is 2.56. The molecule has 4 rings (SSSR count). The molecule has 2 N–H and O–H groups in total. The number of rotatable bonds is 3. The Morgan fingerprint density at radius 3 is 2.88 bits per heavy atom. The van der Waals surface area contributed by atoms with Crippen molar-refractivity contribution in [2.24, 2.45) is 13.0 Å². The van der Waals surface area contributed by atoms with E-state index in [-0.39, 0.29) is 12.0 Å². The molecule has 7 heteroatoms. The Morgan fingerprint density at radius 1 is 1.25 bits per heavy atom. The van der Waals surface area contributed by atoms with Gasteiger partial charge in [0.15, 0.2) is 0 Å². The molecular formula is C17H19N5O2. The lowest BCUT2D eigenvalue weighted by Crippen LogP contribution is -2.34. The average molecular weight is 325 g/mol. The van der Waals surface area contributed by atoms with E-state index in [1.54, 1.807) is 4.68 Å². The summed E-state index contributed by atoms with van der Waals surface area (Å²) in [5.74, 6) is -1.00. The van der Waals surface area contributed by atoms with Gasteiger partial charge in [0.2, 0.25) is 0 Å². The van der Waals surface area contributed by atoms with E-state index in [4.69, 9.17) is 0 Å². The molecule has 0 aromatic carbocycles. The summed E-state index contributed by atoms with van der Waals surface area (Å²) in [5.41, 5.74) is 4.15. The van der Waals surface area contributed by atoms with Crippen LogP contribution in [0, 0.1) is 5.92 Å². The predicted octanol–water partition coefficient (Wildman–Crippen LogP) is 1.86. The van der Waals surface area contributed by atoms with Gasteiger partial charge in [-0.2, -0.15) is 10.2 Å². The Labute approximate surface area is 138 Å². The molecule has 4 heterocycles. The van der Waals surface area contributed by atoms with E-state index < -0.39 is 5.97 Å². The fourth-order valence-electron chi connectivity index (χ4n) is 3.39. The number of aryl methyl sites for hydroxylation is 1. The summed E-state index contributed by atoms with van der Waals surface area (Å²) < 4.78 is 3.62. The summed E-state index contributed by atoms with van der Waals surface area (Å²) >= 11 is 0. The number of hydrogen-bond donors (Lipinski definition) is 2. The average Bonchev–Trinajstić information content (AvgIpc) is 3.20. The van der Waals surface area contributed by atoms with Crippen LogP contribution < -0.4 is 5.32 Å². The number of pyridine rings is 1. The maximum absolute atomic E-state index is 11.3. The first-order valence-electron chi connectivity index (χ1n) is 8.04. The maximum atomic E-state index is 11.3. The fourth-order valence-corrected chi connectivity index (χ4v) is 3.39. The fraction of sp³-hybridized carbons (Fsp3) is 0.353. The standard InChI is InChI=1S/C17H19N5O2/c1-21-9-13(7-19-21)12-2-3-16-14(8-20-22(16)10-12)15-6-11(17(23)24)4-5-18-15/h2-3,7-11,15,18H,4-6H2,1H3,(H,23,24). The van der Waals surface area contributed by atoms with E-state index in [0.29, 0.717) is 19.4 Å². The Kier molecular flexibility index (Phi) is 3.57. The van der Waals surface area contributed by atoms with Crippen molar-refractivity contribution in [1.29, 1.82) is 0 Å². The van der Waals surface area contributed by atoms with Crippen LogP contribution in [0.4, 0.5) is 0 Å². The molecule has 0 spiro atoms. The van der Waals surface area contributed by atoms with Crippen LogP contribution in [0.15, 0.2) is 36.9 Å². The topological polar surface area (TPSA) is 84.5 Å². The first kappa shape index (κ1) is 14.9. The van der Waals surface area contributed by atoms with E-state index >= 15 is 0 Å². The van der Waals surface area contributed by atoms with Crippen molar-refractivity contribution in [1.82, 2.24) is 24.7 Å². The number of hydrogen-bond acceptors (Lipinski definition) is 4. The quantitative estimate of drug-likeness (QED) is 0.768. The van der Waals surface area contributed by atoms with E-state index in [0.717, 1.165) is 22.2 Å². The van der Waals surface area contributed by atoms with E-state index in [1.165, 1.54) is 0 Å². The molecular weight excluding hydrogens is 306 g/mol. The van der Waals surface area contributed by atoms with Gasteiger partial charge in [-0.15, -0.1) is 0 Å². The monoisotopic (exact) mass is 325 g/mol. The normalized spacial score (nSPS) is 21.2. The molecule has 1 fully saturated rings. The first-order chi connectivity index (χ1) is 11.6. The highest BCUT2D eigenvalue weighted by Gasteiger charge is 2.29. The number of piperidine rings is 1. The number of aromatic nitrogens is 4. The first-order valence-corrected chi connectivity index (χ1v) is 8.04. The second kappa shape index (κ2) is 5.76. The Hall–Kier alpha value is -2.67. The number of fused-ring (bicyclic) bond motifs is 1. The van der Waals surface area contributed by atoms with Gasteiger partial charge in [0, 0.05) is 42.2 Å². The molecule has 1 saturated heterocycles. The van der Waals surface area contributed by atoms with Crippen LogP contribution in [0.1, 0.15) is 24.4 Å². The van der Waals surface area contributed by atoms with Crippen molar-refractivity contribution in [2.45, 2.75) is 18.9 Å². The Balaban J connectivity index is 1.67. The van der Waals surface area contributed by atoms with Crippen molar-refractivity contribution in [3.05, 3.63) is 42.5 Å². The Morgan fingerprint density at radius 2 is 2.12 bits per heavy atom. The SMILES string of the molecule is Cn1cc(-c2ccc3c(C4CC(C(=O)O)CCN4)cnn3c2)cn1. The van der Waals surface area contributed by atoms with Crippen LogP contribution in [0.25, 0.3) is 16.6 Å². The largest absolute Gasteiger partial charge is 0.481 e. The van der Waals surface area contributed by atoms with Gasteiger partial charge < -0.3 is 10.4 Å². The summed E-state index contributed by atoms with van der Waals surface area (Å²) in [7, 11) is 1.89. The lowest BCUT2D eigenvalue weighted by Gasteiger charge is -2.27. The molecule has 0 radical (unpaired) electrons. The van der Waals surface area contributed by atoms with Crippen LogP contribution >= 0.6 is 0 Å². The lowest BCUT2D eigenvalue weighted by atomic mass is 9.89. The van der Waals surface area contributed by atoms with Gasteiger partial charge in [0.1, 0.15) is 0 Å². The van der Waals surface area contributed by atoms with Gasteiger partial charge in [0.05, 0.1) is 23.8 Å². The zero-order valence-electron chi connectivity index (χ0n) is 13.4. The molecule has 3 aromatic heterocycles. The number of nitrogens with zero attached hydrogens (tertiary/aromatic N) is 4. The molecule has 0 bridgehead atoms. The molecule has 3 aromatic rings. The van der Waals surface area contributed by atoms with Crippen molar-refractivity contribution < 1.29 is 9.90 Å². The highest BCUT2D eigenvalue weighted by Crippen LogP contribution is 2.30. The predicted molar refractivity (Wildman–Crippen MR) is 88.5 cm³/mol. The zero-order chi connectivity index (χ0) is 16.7. The minimum absolute atomic E-state index is 0.0293. The molecule has 2 atom stereocenters. The molecule has 24 heavy (non-hydrogen) atoms. The van der Waals surface area contributed by atoms with Crippen LogP contribution in [0.5, 0.6) is 0 Å². The van der Waals surface area contributed by atoms with E-state index in [9.17, 15) is 9.90 Å². The number of nitrogens with one attached hydrogen (secondary N) is 1. The van der Waals surface area contributed by atoms with Crippen molar-refractivity contribution in [3.8, 4) is 11.1 Å². The van der Waals surface area contributed by atoms with Gasteiger partial charge in [-0.3, -0.25) is 9.48 Å². The van der Waals surface area contributed by atoms with Crippen molar-refractivity contribution in [3.63, 3.8) is 0 Å². The van der Waals surface area contributed by atoms with Gasteiger partial charge in [-0.05, 0) is 25.5 Å². The maximum Gasteiger partial charge on any atom is 0.306 e. The highest BCUT2D eigenvalue weighted by atomic mass is 16.4. The van der Waals surface area contributed by atoms with Crippen molar-refractivity contribution >= 4 is 11.5 Å². The zero-order valence-corrected chi connectivity index (χ0v) is 13.4. The molecule has 2 unspecified atom stereocenters. The third-order valence-corrected chi connectivity index (χ3v) is 4.71. The van der Waals surface area contributed by atoms with Crippen LogP contribution in [-0.2, 0) is 11.8 Å². The van der Waals surface area contributed by atoms with E-state index in [1.807, 2.05) is 42.4 Å². The van der Waals surface area contributed by atoms with E-state index in [2.05, 4.69) is 21.6 Å². The van der Waals surface area contributed by atoms with Gasteiger partial charge in [0.25, 0.3) is 0 Å². The molecule has 1 aliphatic heterocycles. The van der Waals surface area contributed by atoms with Crippen molar-refractivity contribution in [2.75, 3.05) is 6.54 Å². The number of carboxylic acid groups (broad SMARTS) is 1. The minimum atomic E-state index is -0.711. The van der Waals surface area contributed by atoms with Crippen LogP contribution in [-0.4, -0.2) is 37.0 Å². The molecule has 124 valence electrons. The second-order valence-electron chi connectivity index (χ2n) is 6.32. The van der Waals surface area contributed by atoms with Gasteiger partial charge in [-0.1, -0.05) is 6.07 Å². The van der Waals surface area contributed by atoms with Crippen LogP contribution in [0.2, 0.25) is 0 Å². The minimum Gasteiger partial charge on any atom is -0.481 e. The van der Waals surface area contributed by atoms with Crippen LogP contribution in [0.3, 0.4) is 0 Å². The smallest absolute Gasteiger partial charge is 0.306 e. The lowest BCUT2D eigenvalue weighted by molar-refractivity contribution is -0.143. The number of aliphatic carboxylic acids is 1. The Bertz CT molecular complexity index is 897. The summed E-state index contributed by atoms with van der Waals surface area (Å²) in [6, 6.07) is 4.12. The second-order valence-corrected chi connectivity index (χ2v) is 6.32. The van der Waals surface area contributed by atoms with Gasteiger partial charge in [-0.25, -0.2) is 4.52 Å². The molecule has 0 amide bonds. The van der Waals surface area contributed by atoms with Gasteiger partial charge >= 0.3 is 5.97 Å². The summed E-state index contributed by atoms with van der Waals surface area (Å²) in [6.45, 7) is 0.715. The third-order valence-electron chi connectivity index (χ3n) is 4.71. The number of carboxylic acids is 1. The summed E-state index contributed by atoms with van der Waals surface area (Å²) in [4.78, 5) is 11.3. The highest BCUT2D eigenvalue weighted by molar-refractivity contribution is 5.70. The summed E-state index contributed by atoms with van der Waals surface area (Å²) in [6.07, 6.45) is 8.88. The summed E-state index contributed by atoms with van der Waals surface area (Å²) in [5, 5.41) is 21.3. The molecule has 1 aliphatic rings. The number of carbonyl (C=O) groups is 1. The molecule has 7 nitrogen and oxygen atoms in total.